The minimum absolute atomic E-state index is 0.0741. The van der Waals surface area contributed by atoms with E-state index in [9.17, 15) is 0 Å². The predicted octanol–water partition coefficient (Wildman–Crippen LogP) is 14.7. The smallest absolute Gasteiger partial charge is 0.256 e. The summed E-state index contributed by atoms with van der Waals surface area (Å²) in [4.78, 5) is 7.06. The number of ether oxygens (including phenoxy) is 1. The molecular formula is C60H38BN3OS. The summed E-state index contributed by atoms with van der Waals surface area (Å²) in [6, 6.07) is 88.8. The topological polar surface area (TPSA) is 19.0 Å². The van der Waals surface area contributed by atoms with Gasteiger partial charge in [0.2, 0.25) is 0 Å². The first-order valence-corrected chi connectivity index (χ1v) is 23.1. The maximum atomic E-state index is 7.09. The Balaban J connectivity index is 0.979. The van der Waals surface area contributed by atoms with Gasteiger partial charge in [-0.15, -0.1) is 11.3 Å². The third-order valence-corrected chi connectivity index (χ3v) is 14.1. The van der Waals surface area contributed by atoms with Gasteiger partial charge in [-0.05, 0) is 131 Å². The second-order valence-electron chi connectivity index (χ2n) is 16.7. The third kappa shape index (κ3) is 6.32. The van der Waals surface area contributed by atoms with E-state index in [4.69, 9.17) is 4.74 Å². The van der Waals surface area contributed by atoms with Crippen LogP contribution in [0.15, 0.2) is 231 Å². The van der Waals surface area contributed by atoms with Crippen molar-refractivity contribution in [2.45, 2.75) is 0 Å². The van der Waals surface area contributed by atoms with Crippen LogP contribution in [0.3, 0.4) is 0 Å². The molecule has 1 aromatic heterocycles. The summed E-state index contributed by atoms with van der Waals surface area (Å²) in [5.41, 5.74) is 15.5. The normalized spacial score (nSPS) is 12.2. The molecule has 0 saturated carbocycles. The summed E-state index contributed by atoms with van der Waals surface area (Å²) in [6.45, 7) is -0.0741. The van der Waals surface area contributed by atoms with E-state index >= 15 is 0 Å². The number of rotatable bonds is 8. The largest absolute Gasteiger partial charge is 0.458 e. The zero-order valence-electron chi connectivity index (χ0n) is 35.7. The average molecular weight is 860 g/mol. The molecule has 2 aliphatic heterocycles. The van der Waals surface area contributed by atoms with Gasteiger partial charge in [-0.25, -0.2) is 0 Å². The lowest BCUT2D eigenvalue weighted by Crippen LogP contribution is -2.59. The summed E-state index contributed by atoms with van der Waals surface area (Å²) >= 11 is 1.84. The van der Waals surface area contributed by atoms with Gasteiger partial charge < -0.3 is 19.4 Å². The van der Waals surface area contributed by atoms with E-state index in [1.165, 1.54) is 36.8 Å². The summed E-state index contributed by atoms with van der Waals surface area (Å²) in [5.74, 6) is 1.71. The molecule has 2 aliphatic rings. The lowest BCUT2D eigenvalue weighted by molar-refractivity contribution is 0.487. The lowest BCUT2D eigenvalue weighted by Gasteiger charge is -2.40. The standard InChI is InChI=1S/C60H38BN3OS/c1-5-16-41(17-6-1)42-28-30-46(31-29-42)63(47-34-37-59-51(38-47)50-24-13-14-27-58(50)66-59)49-33-36-53-57(40-49)65-56-26-15-25-54-60(56)61(53)52-35-32-48(39-55(52)64(54)45-22-11-4-12-23-45)62(43-18-7-2-8-19-43)44-20-9-3-10-21-44/h1-2,4-9,11-40H. The molecule has 0 fully saturated rings. The molecule has 0 aliphatic carbocycles. The van der Waals surface area contributed by atoms with Crippen LogP contribution in [-0.4, -0.2) is 6.71 Å². The van der Waals surface area contributed by atoms with Crippen LogP contribution in [0.2, 0.25) is 0 Å². The minimum atomic E-state index is -0.0741. The zero-order valence-corrected chi connectivity index (χ0v) is 36.5. The van der Waals surface area contributed by atoms with Crippen molar-refractivity contribution < 1.29 is 4.74 Å². The van der Waals surface area contributed by atoms with Gasteiger partial charge in [0.15, 0.2) is 0 Å². The highest BCUT2D eigenvalue weighted by Gasteiger charge is 2.42. The van der Waals surface area contributed by atoms with Crippen LogP contribution in [0.5, 0.6) is 11.5 Å². The van der Waals surface area contributed by atoms with Gasteiger partial charge in [0, 0.05) is 77.8 Å². The van der Waals surface area contributed by atoms with Crippen LogP contribution < -0.4 is 35.8 Å². The Morgan fingerprint density at radius 2 is 1.06 bits per heavy atom. The van der Waals surface area contributed by atoms with Crippen LogP contribution in [0.25, 0.3) is 31.3 Å². The fourth-order valence-electron chi connectivity index (χ4n) is 10.0. The quantitative estimate of drug-likeness (QED) is 0.142. The molecule has 0 amide bonds. The molecule has 10 aromatic carbocycles. The molecule has 0 radical (unpaired) electrons. The number of anilines is 9. The maximum Gasteiger partial charge on any atom is 0.256 e. The van der Waals surface area contributed by atoms with Gasteiger partial charge >= 0.3 is 0 Å². The number of benzene rings is 9. The molecular weight excluding hydrogens is 822 g/mol. The van der Waals surface area contributed by atoms with Gasteiger partial charge in [-0.2, -0.15) is 0 Å². The van der Waals surface area contributed by atoms with Crippen molar-refractivity contribution in [2.75, 3.05) is 14.7 Å². The predicted molar refractivity (Wildman–Crippen MR) is 278 cm³/mol. The molecule has 3 heterocycles. The van der Waals surface area contributed by atoms with E-state index < -0.39 is 0 Å². The Bertz CT molecular complexity index is 3540. The molecule has 13 rings (SSSR count). The number of thiophene rings is 1. The fourth-order valence-corrected chi connectivity index (χ4v) is 11.1. The number of para-hydroxylation sites is 2. The van der Waals surface area contributed by atoms with E-state index in [0.29, 0.717) is 0 Å². The van der Waals surface area contributed by atoms with Gasteiger partial charge in [0.25, 0.3) is 6.71 Å². The second-order valence-corrected chi connectivity index (χ2v) is 17.8. The highest BCUT2D eigenvalue weighted by molar-refractivity contribution is 7.25. The van der Waals surface area contributed by atoms with Crippen LogP contribution >= 0.6 is 11.3 Å². The summed E-state index contributed by atoms with van der Waals surface area (Å²) in [7, 11) is 0. The van der Waals surface area contributed by atoms with Crippen LogP contribution in [-0.2, 0) is 0 Å². The zero-order chi connectivity index (χ0) is 43.6. The molecule has 0 bridgehead atoms. The number of fused-ring (bicyclic) bond motifs is 7. The fraction of sp³-hybridized carbons (Fsp3) is 0. The molecule has 11 aromatic rings. The summed E-state index contributed by atoms with van der Waals surface area (Å²) < 4.78 is 9.66. The monoisotopic (exact) mass is 859 g/mol. The van der Waals surface area contributed by atoms with Crippen LogP contribution in [0, 0.1) is 12.1 Å². The first-order chi connectivity index (χ1) is 32.7. The highest BCUT2D eigenvalue weighted by atomic mass is 32.1. The van der Waals surface area contributed by atoms with Crippen molar-refractivity contribution in [3.8, 4) is 22.6 Å². The Morgan fingerprint density at radius 1 is 0.424 bits per heavy atom. The Kier molecular flexibility index (Phi) is 9.01. The lowest BCUT2D eigenvalue weighted by atomic mass is 9.34. The molecule has 66 heavy (non-hydrogen) atoms. The Labute approximate surface area is 388 Å². The van der Waals surface area contributed by atoms with E-state index in [1.54, 1.807) is 0 Å². The van der Waals surface area contributed by atoms with Gasteiger partial charge in [-0.3, -0.25) is 0 Å². The average Bonchev–Trinajstić information content (AvgIpc) is 3.76. The van der Waals surface area contributed by atoms with E-state index in [2.05, 4.69) is 245 Å². The van der Waals surface area contributed by atoms with E-state index in [0.717, 1.165) is 73.6 Å². The molecule has 308 valence electrons. The molecule has 4 nitrogen and oxygen atoms in total. The van der Waals surface area contributed by atoms with E-state index in [1.807, 2.05) is 23.5 Å². The molecule has 0 N–H and O–H groups in total. The van der Waals surface area contributed by atoms with Crippen molar-refractivity contribution >= 4 is 106 Å². The van der Waals surface area contributed by atoms with Gasteiger partial charge in [-0.1, -0.05) is 127 Å². The van der Waals surface area contributed by atoms with Gasteiger partial charge in [0.1, 0.15) is 11.5 Å². The molecule has 6 heteroatoms. The molecule has 0 unspecified atom stereocenters. The van der Waals surface area contributed by atoms with Crippen LogP contribution in [0.4, 0.5) is 51.2 Å². The van der Waals surface area contributed by atoms with Crippen molar-refractivity contribution in [2.24, 2.45) is 0 Å². The minimum Gasteiger partial charge on any atom is -0.458 e. The SMILES string of the molecule is c1ccc(N(c2ccccc2)c2ccc3c(c2)N(c2ccccc2)c2cccc4c2B3c2ccc(N(c3ccc(-c5ccccc5)cc3)c3ccc5sc6ccccc6c5c3)cc2O4)cc#1. The van der Waals surface area contributed by atoms with Crippen molar-refractivity contribution in [3.63, 3.8) is 0 Å². The second kappa shape index (κ2) is 15.6. The van der Waals surface area contributed by atoms with Crippen molar-refractivity contribution in [1.29, 1.82) is 0 Å². The third-order valence-electron chi connectivity index (χ3n) is 13.0. The van der Waals surface area contributed by atoms with Crippen LogP contribution in [0.1, 0.15) is 0 Å². The molecule has 0 spiro atoms. The molecule has 0 saturated heterocycles. The van der Waals surface area contributed by atoms with Crippen molar-refractivity contribution in [1.82, 2.24) is 0 Å². The highest BCUT2D eigenvalue weighted by Crippen LogP contribution is 2.46. The first-order valence-electron chi connectivity index (χ1n) is 22.3. The number of hydrogen-bond donors (Lipinski definition) is 0. The van der Waals surface area contributed by atoms with E-state index in [-0.39, 0.29) is 6.71 Å². The number of hydrogen-bond acceptors (Lipinski definition) is 5. The Morgan fingerprint density at radius 3 is 1.86 bits per heavy atom. The Hall–Kier alpha value is -8.50. The summed E-state index contributed by atoms with van der Waals surface area (Å²) in [5, 5.41) is 2.53. The first kappa shape index (κ1) is 38.0. The van der Waals surface area contributed by atoms with Gasteiger partial charge in [0.05, 0.1) is 5.69 Å². The summed E-state index contributed by atoms with van der Waals surface area (Å²) in [6.07, 6.45) is 0. The maximum absolute atomic E-state index is 7.09. The number of nitrogens with zero attached hydrogens (tertiary/aromatic N) is 3. The van der Waals surface area contributed by atoms with Crippen molar-refractivity contribution in [3.05, 3.63) is 243 Å². The molecule has 0 atom stereocenters.